The summed E-state index contributed by atoms with van der Waals surface area (Å²) < 4.78 is 7.39. The molecule has 2 aromatic rings. The summed E-state index contributed by atoms with van der Waals surface area (Å²) in [6.45, 7) is 4.37. The summed E-state index contributed by atoms with van der Waals surface area (Å²) in [7, 11) is 1.81. The van der Waals surface area contributed by atoms with Crippen LogP contribution in [0.4, 0.5) is 0 Å². The van der Waals surface area contributed by atoms with Crippen LogP contribution in [0.1, 0.15) is 47.3 Å². The van der Waals surface area contributed by atoms with Gasteiger partial charge in [-0.05, 0) is 63.3 Å². The normalized spacial score (nSPS) is 16.3. The molecule has 0 fully saturated rings. The first-order chi connectivity index (χ1) is 13.1. The third-order valence-corrected chi connectivity index (χ3v) is 5.82. The maximum Gasteiger partial charge on any atom is 0.274 e. The molecular formula is C20H30N4O2S. The Morgan fingerprint density at radius 2 is 2.37 bits per heavy atom. The summed E-state index contributed by atoms with van der Waals surface area (Å²) in [6, 6.07) is 4.16. The number of hydrogen-bond acceptors (Lipinski definition) is 5. The molecule has 0 unspecified atom stereocenters. The van der Waals surface area contributed by atoms with Crippen LogP contribution in [0, 0.1) is 0 Å². The molecule has 27 heavy (non-hydrogen) atoms. The van der Waals surface area contributed by atoms with Gasteiger partial charge in [-0.3, -0.25) is 9.48 Å². The van der Waals surface area contributed by atoms with Crippen LogP contribution < -0.4 is 5.32 Å². The minimum atomic E-state index is -0.0297. The van der Waals surface area contributed by atoms with Crippen LogP contribution in [0.15, 0.2) is 22.8 Å². The van der Waals surface area contributed by atoms with Gasteiger partial charge in [-0.15, -0.1) is 0 Å². The minimum absolute atomic E-state index is 0.0297. The number of hydrogen-bond donors (Lipinski definition) is 1. The van der Waals surface area contributed by atoms with Crippen molar-refractivity contribution in [2.45, 2.75) is 51.7 Å². The van der Waals surface area contributed by atoms with E-state index in [1.165, 1.54) is 17.9 Å². The summed E-state index contributed by atoms with van der Waals surface area (Å²) in [4.78, 5) is 14.8. The largest absolute Gasteiger partial charge is 0.467 e. The number of amides is 1. The number of aryl methyl sites for hydroxylation is 1. The minimum Gasteiger partial charge on any atom is -0.467 e. The lowest BCUT2D eigenvalue weighted by Gasteiger charge is -2.25. The van der Waals surface area contributed by atoms with Gasteiger partial charge in [0.25, 0.3) is 5.91 Å². The molecule has 0 saturated heterocycles. The van der Waals surface area contributed by atoms with E-state index in [0.29, 0.717) is 18.3 Å². The van der Waals surface area contributed by atoms with E-state index < -0.39 is 0 Å². The molecule has 0 aromatic carbocycles. The van der Waals surface area contributed by atoms with Crippen LogP contribution in [0.25, 0.3) is 0 Å². The highest BCUT2D eigenvalue weighted by molar-refractivity contribution is 7.98. The van der Waals surface area contributed by atoms with Gasteiger partial charge < -0.3 is 14.6 Å². The maximum atomic E-state index is 13.1. The topological polar surface area (TPSA) is 63.3 Å². The quantitative estimate of drug-likeness (QED) is 0.667. The summed E-state index contributed by atoms with van der Waals surface area (Å²) in [6.07, 6.45) is 7.91. The fraction of sp³-hybridized carbons (Fsp3) is 0.600. The second kappa shape index (κ2) is 9.46. The first-order valence-corrected chi connectivity index (χ1v) is 11.1. The van der Waals surface area contributed by atoms with E-state index in [2.05, 4.69) is 23.6 Å². The predicted molar refractivity (Wildman–Crippen MR) is 109 cm³/mol. The van der Waals surface area contributed by atoms with E-state index in [1.807, 2.05) is 35.6 Å². The zero-order valence-corrected chi connectivity index (χ0v) is 17.3. The van der Waals surface area contributed by atoms with Crippen LogP contribution >= 0.6 is 11.8 Å². The Morgan fingerprint density at radius 1 is 1.52 bits per heavy atom. The maximum absolute atomic E-state index is 13.1. The Balaban J connectivity index is 1.72. The van der Waals surface area contributed by atoms with Crippen molar-refractivity contribution in [3.05, 3.63) is 41.1 Å². The van der Waals surface area contributed by atoms with Gasteiger partial charge in [-0.25, -0.2) is 0 Å². The van der Waals surface area contributed by atoms with Crippen molar-refractivity contribution in [2.24, 2.45) is 0 Å². The van der Waals surface area contributed by atoms with E-state index in [1.54, 1.807) is 11.2 Å². The van der Waals surface area contributed by atoms with Gasteiger partial charge in [-0.2, -0.15) is 16.9 Å². The second-order valence-corrected chi connectivity index (χ2v) is 8.06. The van der Waals surface area contributed by atoms with Crippen molar-refractivity contribution in [3.63, 3.8) is 0 Å². The molecule has 0 aliphatic heterocycles. The van der Waals surface area contributed by atoms with Gasteiger partial charge in [0.05, 0.1) is 12.8 Å². The molecule has 2 heterocycles. The number of furan rings is 1. The van der Waals surface area contributed by atoms with Crippen molar-refractivity contribution in [1.82, 2.24) is 20.0 Å². The van der Waals surface area contributed by atoms with Gasteiger partial charge >= 0.3 is 0 Å². The molecule has 6 nitrogen and oxygen atoms in total. The fourth-order valence-corrected chi connectivity index (χ4v) is 4.14. The summed E-state index contributed by atoms with van der Waals surface area (Å²) >= 11 is 1.88. The van der Waals surface area contributed by atoms with Crippen LogP contribution in [0.5, 0.6) is 0 Å². The number of nitrogens with zero attached hydrogens (tertiary/aromatic N) is 3. The predicted octanol–water partition coefficient (Wildman–Crippen LogP) is 2.97. The van der Waals surface area contributed by atoms with Crippen molar-refractivity contribution in [3.8, 4) is 0 Å². The van der Waals surface area contributed by atoms with E-state index in [9.17, 15) is 4.79 Å². The third kappa shape index (κ3) is 4.76. The highest BCUT2D eigenvalue weighted by Gasteiger charge is 2.30. The standard InChI is InChI=1S/C20H30N4O2S/c1-4-24-18-9-8-15(21-10-6-12-27-3)13-17(18)19(22-24)20(25)23(2)14-16-7-5-11-26-16/h5,7,11,15,21H,4,6,8-10,12-14H2,1-3H3/t15-/m0/s1. The molecule has 1 amide bonds. The lowest BCUT2D eigenvalue weighted by atomic mass is 9.91. The average Bonchev–Trinajstić information content (AvgIpc) is 3.31. The summed E-state index contributed by atoms with van der Waals surface area (Å²) in [5.41, 5.74) is 2.97. The number of nitrogens with one attached hydrogen (secondary N) is 1. The third-order valence-electron chi connectivity index (χ3n) is 5.13. The molecule has 148 valence electrons. The molecule has 0 bridgehead atoms. The van der Waals surface area contributed by atoms with Gasteiger partial charge in [0.15, 0.2) is 5.69 Å². The lowest BCUT2D eigenvalue weighted by Crippen LogP contribution is -2.36. The Labute approximate surface area is 165 Å². The number of thioether (sulfide) groups is 1. The summed E-state index contributed by atoms with van der Waals surface area (Å²) in [5, 5.41) is 8.33. The number of carbonyl (C=O) groups excluding carboxylic acids is 1. The van der Waals surface area contributed by atoms with Crippen molar-refractivity contribution >= 4 is 17.7 Å². The van der Waals surface area contributed by atoms with E-state index in [4.69, 9.17) is 4.42 Å². The number of carbonyl (C=O) groups is 1. The van der Waals surface area contributed by atoms with Gasteiger partial charge in [0.2, 0.25) is 0 Å². The molecule has 0 saturated carbocycles. The number of rotatable bonds is 9. The molecule has 3 rings (SSSR count). The van der Waals surface area contributed by atoms with Gasteiger partial charge in [0, 0.05) is 30.9 Å². The Hall–Kier alpha value is -1.73. The van der Waals surface area contributed by atoms with Crippen LogP contribution in [0.3, 0.4) is 0 Å². The lowest BCUT2D eigenvalue weighted by molar-refractivity contribution is 0.0767. The molecule has 7 heteroatoms. The first-order valence-electron chi connectivity index (χ1n) is 9.72. The van der Waals surface area contributed by atoms with E-state index in [0.717, 1.165) is 43.7 Å². The smallest absolute Gasteiger partial charge is 0.274 e. The molecule has 2 aromatic heterocycles. The molecule has 1 N–H and O–H groups in total. The molecule has 0 spiro atoms. The average molecular weight is 391 g/mol. The number of fused-ring (bicyclic) bond motifs is 1. The molecule has 0 radical (unpaired) electrons. The highest BCUT2D eigenvalue weighted by atomic mass is 32.2. The van der Waals surface area contributed by atoms with Crippen molar-refractivity contribution in [1.29, 1.82) is 0 Å². The number of aromatic nitrogens is 2. The van der Waals surface area contributed by atoms with Crippen LogP contribution in [-0.4, -0.2) is 52.2 Å². The van der Waals surface area contributed by atoms with Crippen molar-refractivity contribution in [2.75, 3.05) is 25.6 Å². The highest BCUT2D eigenvalue weighted by Crippen LogP contribution is 2.26. The SMILES string of the molecule is CCn1nc(C(=O)N(C)Cc2ccco2)c2c1CC[C@H](NCCCSC)C2. The Kier molecular flexibility index (Phi) is 7.01. The van der Waals surface area contributed by atoms with E-state index in [-0.39, 0.29) is 5.91 Å². The zero-order chi connectivity index (χ0) is 19.2. The fourth-order valence-electron chi connectivity index (χ4n) is 3.71. The molecule has 1 aliphatic carbocycles. The zero-order valence-electron chi connectivity index (χ0n) is 16.5. The molecule has 1 atom stereocenters. The van der Waals surface area contributed by atoms with Gasteiger partial charge in [-0.1, -0.05) is 0 Å². The molecule has 1 aliphatic rings. The van der Waals surface area contributed by atoms with Crippen molar-refractivity contribution < 1.29 is 9.21 Å². The molecular weight excluding hydrogens is 360 g/mol. The summed E-state index contributed by atoms with van der Waals surface area (Å²) in [5.74, 6) is 1.93. The first kappa shape index (κ1) is 20.0. The monoisotopic (exact) mass is 390 g/mol. The van der Waals surface area contributed by atoms with Gasteiger partial charge in [0.1, 0.15) is 5.76 Å². The Bertz CT molecular complexity index is 742. The van der Waals surface area contributed by atoms with Crippen LogP contribution in [0.2, 0.25) is 0 Å². The van der Waals surface area contributed by atoms with Crippen LogP contribution in [-0.2, 0) is 25.9 Å². The second-order valence-electron chi connectivity index (χ2n) is 7.07. The van der Waals surface area contributed by atoms with E-state index >= 15 is 0 Å². The Morgan fingerprint density at radius 3 is 3.07 bits per heavy atom.